The first-order valence-corrected chi connectivity index (χ1v) is 11.4. The van der Waals surface area contributed by atoms with Gasteiger partial charge in [0.15, 0.2) is 6.04 Å². The number of nitrogens with one attached hydrogen (secondary N) is 2. The standard InChI is InChI=1S/C26H29FN4O5/c1-28-24(32)23(25(33)29-35)30(2)26(34)21-11-9-19(10-12-21)4-3-18-5-7-20(8-6-18)15-31-16-22(17-31)36-14-13-27/h5-12,22-23,35H,13-17H2,1-2H3,(H,28,32)(H,29,33). The van der Waals surface area contributed by atoms with E-state index in [0.29, 0.717) is 5.56 Å². The van der Waals surface area contributed by atoms with Gasteiger partial charge in [0, 0.05) is 50.4 Å². The quantitative estimate of drug-likeness (QED) is 0.206. The molecule has 9 nitrogen and oxygen atoms in total. The zero-order valence-corrected chi connectivity index (χ0v) is 20.2. The number of hydroxylamine groups is 1. The fraction of sp³-hybridized carbons (Fsp3) is 0.346. The average molecular weight is 497 g/mol. The number of alkyl halides is 1. The summed E-state index contributed by atoms with van der Waals surface area (Å²) in [7, 11) is 2.63. The second kappa shape index (κ2) is 12.8. The van der Waals surface area contributed by atoms with Crippen LogP contribution in [0.1, 0.15) is 27.0 Å². The molecule has 0 aromatic heterocycles. The van der Waals surface area contributed by atoms with Crippen molar-refractivity contribution in [1.29, 1.82) is 0 Å². The van der Waals surface area contributed by atoms with Crippen LogP contribution in [0.15, 0.2) is 48.5 Å². The predicted molar refractivity (Wildman–Crippen MR) is 130 cm³/mol. The van der Waals surface area contributed by atoms with E-state index < -0.39 is 30.4 Å². The van der Waals surface area contributed by atoms with Crippen LogP contribution in [0.4, 0.5) is 4.39 Å². The minimum absolute atomic E-state index is 0.116. The molecule has 10 heteroatoms. The molecule has 0 radical (unpaired) electrons. The minimum atomic E-state index is -1.52. The zero-order chi connectivity index (χ0) is 26.1. The highest BCUT2D eigenvalue weighted by molar-refractivity contribution is 6.08. The van der Waals surface area contributed by atoms with Gasteiger partial charge in [-0.3, -0.25) is 24.5 Å². The van der Waals surface area contributed by atoms with E-state index >= 15 is 0 Å². The number of rotatable bonds is 9. The highest BCUT2D eigenvalue weighted by atomic mass is 19.1. The smallest absolute Gasteiger partial charge is 0.275 e. The van der Waals surface area contributed by atoms with Gasteiger partial charge >= 0.3 is 0 Å². The zero-order valence-electron chi connectivity index (χ0n) is 20.2. The van der Waals surface area contributed by atoms with E-state index in [2.05, 4.69) is 22.1 Å². The Hall–Kier alpha value is -3.78. The molecule has 3 amide bonds. The predicted octanol–water partition coefficient (Wildman–Crippen LogP) is 0.949. The summed E-state index contributed by atoms with van der Waals surface area (Å²) in [6.45, 7) is 2.11. The number of hydrogen-bond donors (Lipinski definition) is 3. The summed E-state index contributed by atoms with van der Waals surface area (Å²) in [4.78, 5) is 39.8. The van der Waals surface area contributed by atoms with Crippen molar-refractivity contribution in [2.24, 2.45) is 0 Å². The molecule has 0 spiro atoms. The van der Waals surface area contributed by atoms with Crippen LogP contribution in [-0.2, 0) is 20.9 Å². The van der Waals surface area contributed by atoms with Crippen molar-refractivity contribution in [3.63, 3.8) is 0 Å². The van der Waals surface area contributed by atoms with Gasteiger partial charge in [-0.25, -0.2) is 9.87 Å². The van der Waals surface area contributed by atoms with Crippen LogP contribution in [-0.4, -0.2) is 85.3 Å². The Kier molecular flexibility index (Phi) is 9.53. The number of carbonyl (C=O) groups excluding carboxylic acids is 3. The molecule has 1 unspecified atom stereocenters. The Morgan fingerprint density at radius 2 is 1.67 bits per heavy atom. The van der Waals surface area contributed by atoms with E-state index in [-0.39, 0.29) is 18.3 Å². The molecular weight excluding hydrogens is 467 g/mol. The van der Waals surface area contributed by atoms with Gasteiger partial charge in [0.1, 0.15) is 6.67 Å². The number of halogens is 1. The average Bonchev–Trinajstić information content (AvgIpc) is 2.88. The number of carbonyl (C=O) groups is 3. The van der Waals surface area contributed by atoms with Gasteiger partial charge in [0.2, 0.25) is 0 Å². The maximum atomic E-state index is 12.7. The monoisotopic (exact) mass is 496 g/mol. The van der Waals surface area contributed by atoms with Crippen molar-refractivity contribution in [1.82, 2.24) is 20.6 Å². The highest BCUT2D eigenvalue weighted by Gasteiger charge is 2.33. The van der Waals surface area contributed by atoms with Crippen molar-refractivity contribution in [2.75, 3.05) is 40.5 Å². The normalized spacial score (nSPS) is 14.1. The van der Waals surface area contributed by atoms with Gasteiger partial charge in [-0.2, -0.15) is 0 Å². The Bertz CT molecular complexity index is 1110. The summed E-state index contributed by atoms with van der Waals surface area (Å²) in [5.41, 5.74) is 4.35. The largest absolute Gasteiger partial charge is 0.373 e. The molecule has 1 aliphatic heterocycles. The lowest BCUT2D eigenvalue weighted by Gasteiger charge is -2.38. The number of amides is 3. The van der Waals surface area contributed by atoms with Crippen LogP contribution in [0.3, 0.4) is 0 Å². The summed E-state index contributed by atoms with van der Waals surface area (Å²) in [6.07, 6.45) is 0.116. The molecule has 36 heavy (non-hydrogen) atoms. The van der Waals surface area contributed by atoms with Gasteiger partial charge in [-0.15, -0.1) is 0 Å². The van der Waals surface area contributed by atoms with Crippen LogP contribution in [0.2, 0.25) is 0 Å². The summed E-state index contributed by atoms with van der Waals surface area (Å²) < 4.78 is 17.5. The second-order valence-electron chi connectivity index (χ2n) is 8.31. The lowest BCUT2D eigenvalue weighted by Crippen LogP contribution is -2.54. The van der Waals surface area contributed by atoms with E-state index in [9.17, 15) is 18.8 Å². The molecule has 0 bridgehead atoms. The molecule has 1 atom stereocenters. The second-order valence-corrected chi connectivity index (χ2v) is 8.31. The topological polar surface area (TPSA) is 111 Å². The molecule has 2 aromatic carbocycles. The summed E-state index contributed by atoms with van der Waals surface area (Å²) in [5.74, 6) is 3.82. The molecule has 0 saturated carbocycles. The van der Waals surface area contributed by atoms with E-state index in [4.69, 9.17) is 9.94 Å². The molecule has 0 aliphatic carbocycles. The number of benzene rings is 2. The molecule has 1 aliphatic rings. The molecule has 3 N–H and O–H groups in total. The minimum Gasteiger partial charge on any atom is -0.373 e. The van der Waals surface area contributed by atoms with E-state index in [1.54, 1.807) is 24.3 Å². The van der Waals surface area contributed by atoms with E-state index in [0.717, 1.165) is 35.7 Å². The fourth-order valence-corrected chi connectivity index (χ4v) is 3.75. The van der Waals surface area contributed by atoms with Crippen molar-refractivity contribution >= 4 is 17.7 Å². The summed E-state index contributed by atoms with van der Waals surface area (Å²) >= 11 is 0. The van der Waals surface area contributed by atoms with Crippen LogP contribution >= 0.6 is 0 Å². The highest BCUT2D eigenvalue weighted by Crippen LogP contribution is 2.16. The van der Waals surface area contributed by atoms with Gasteiger partial charge in [-0.05, 0) is 42.0 Å². The maximum absolute atomic E-state index is 12.7. The lowest BCUT2D eigenvalue weighted by atomic mass is 10.1. The Morgan fingerprint density at radius 3 is 2.19 bits per heavy atom. The Labute approximate surface area is 209 Å². The maximum Gasteiger partial charge on any atom is 0.275 e. The van der Waals surface area contributed by atoms with E-state index in [1.165, 1.54) is 19.6 Å². The first kappa shape index (κ1) is 26.8. The van der Waals surface area contributed by atoms with Gasteiger partial charge in [0.05, 0.1) is 12.7 Å². The van der Waals surface area contributed by atoms with Crippen molar-refractivity contribution < 1.29 is 28.7 Å². The van der Waals surface area contributed by atoms with Crippen molar-refractivity contribution in [3.8, 4) is 11.8 Å². The summed E-state index contributed by atoms with van der Waals surface area (Å²) in [6, 6.07) is 12.9. The molecule has 190 valence electrons. The molecule has 1 saturated heterocycles. The SMILES string of the molecule is CNC(=O)C(C(=O)NO)N(C)C(=O)c1ccc(C#Cc2ccc(CN3CC(OCCF)C3)cc2)cc1. The van der Waals surface area contributed by atoms with Gasteiger partial charge in [-0.1, -0.05) is 24.0 Å². The number of ether oxygens (including phenoxy) is 1. The third-order valence-electron chi connectivity index (χ3n) is 5.76. The Balaban J connectivity index is 1.57. The lowest BCUT2D eigenvalue weighted by molar-refractivity contribution is -0.140. The number of nitrogens with zero attached hydrogens (tertiary/aromatic N) is 2. The van der Waals surface area contributed by atoms with Crippen LogP contribution in [0.5, 0.6) is 0 Å². The molecule has 2 aromatic rings. The molecule has 3 rings (SSSR count). The molecule has 1 heterocycles. The third-order valence-corrected chi connectivity index (χ3v) is 5.76. The molecular formula is C26H29FN4O5. The van der Waals surface area contributed by atoms with Gasteiger partial charge in [0.25, 0.3) is 17.7 Å². The number of likely N-dealkylation sites (N-methyl/N-ethyl adjacent to an activating group) is 2. The fourth-order valence-electron chi connectivity index (χ4n) is 3.75. The van der Waals surface area contributed by atoms with Gasteiger partial charge < -0.3 is 15.0 Å². The number of hydrogen-bond acceptors (Lipinski definition) is 6. The Morgan fingerprint density at radius 1 is 1.08 bits per heavy atom. The number of likely N-dealkylation sites (tertiary alicyclic amines) is 1. The molecule has 1 fully saturated rings. The third kappa shape index (κ3) is 6.88. The van der Waals surface area contributed by atoms with Crippen molar-refractivity contribution in [3.05, 3.63) is 70.8 Å². The van der Waals surface area contributed by atoms with Crippen LogP contribution < -0.4 is 10.8 Å². The first-order valence-electron chi connectivity index (χ1n) is 11.4. The van der Waals surface area contributed by atoms with Crippen LogP contribution in [0.25, 0.3) is 0 Å². The first-order chi connectivity index (χ1) is 17.4. The van der Waals surface area contributed by atoms with Crippen LogP contribution in [0, 0.1) is 11.8 Å². The summed E-state index contributed by atoms with van der Waals surface area (Å²) in [5, 5.41) is 11.2. The van der Waals surface area contributed by atoms with Crippen molar-refractivity contribution in [2.45, 2.75) is 18.7 Å². The van der Waals surface area contributed by atoms with E-state index in [1.807, 2.05) is 24.3 Å².